The maximum absolute atomic E-state index is 14.6. The zero-order chi connectivity index (χ0) is 40.3. The standard InChI is InChI=1S/C34H54FN5O14S/c1-4-34(2,3)39-21(16-55-17-26-24(9-18(42)13-49-26)53-32-23(44)11-22(43)25(12-41)54-32)30(47)37-7-5-28(45)51-15-29(46)50-14-19-10-20(35)31(52-19)40-8-6-27(36)38-33(40)48/h6,8,18-26,31-32,39,41-44H,4-5,7,9-17H2,1-3H3,(H,37,47)(H2,36,38,48)/t18-,19-,20-,21+,22-,23-,24-,25?,26?,31+,32+/m0/s1. The third kappa shape index (κ3) is 13.6. The van der Waals surface area contributed by atoms with Crippen molar-refractivity contribution >= 4 is 35.4 Å². The number of carbonyl (C=O) groups is 3. The Kier molecular flexibility index (Phi) is 17.0. The zero-order valence-corrected chi connectivity index (χ0v) is 31.9. The molecule has 19 nitrogen and oxygen atoms in total. The summed E-state index contributed by atoms with van der Waals surface area (Å²) in [5.41, 5.74) is 4.27. The Hall–Kier alpha value is -2.99. The van der Waals surface area contributed by atoms with Crippen LogP contribution in [-0.2, 0) is 42.8 Å². The fraction of sp³-hybridized carbons (Fsp3) is 0.794. The molecule has 2 unspecified atom stereocenters. The molecule has 55 heavy (non-hydrogen) atoms. The summed E-state index contributed by atoms with van der Waals surface area (Å²) in [7, 11) is 0. The zero-order valence-electron chi connectivity index (χ0n) is 31.1. The minimum Gasteiger partial charge on any atom is -0.460 e. The van der Waals surface area contributed by atoms with Crippen molar-refractivity contribution in [2.24, 2.45) is 0 Å². The van der Waals surface area contributed by atoms with E-state index in [1.165, 1.54) is 24.0 Å². The number of halogens is 1. The van der Waals surface area contributed by atoms with Crippen LogP contribution in [0.25, 0.3) is 0 Å². The smallest absolute Gasteiger partial charge is 0.351 e. The number of nitrogens with two attached hydrogens (primary N) is 1. The number of esters is 2. The van der Waals surface area contributed by atoms with Gasteiger partial charge in [0.15, 0.2) is 19.1 Å². The molecule has 1 amide bonds. The Morgan fingerprint density at radius 1 is 1.13 bits per heavy atom. The van der Waals surface area contributed by atoms with Crippen LogP contribution in [0.3, 0.4) is 0 Å². The number of ether oxygens (including phenoxy) is 6. The molecule has 3 aliphatic heterocycles. The molecule has 0 radical (unpaired) electrons. The van der Waals surface area contributed by atoms with Gasteiger partial charge < -0.3 is 65.2 Å². The van der Waals surface area contributed by atoms with E-state index in [2.05, 4.69) is 15.6 Å². The molecular formula is C34H54FN5O14S. The number of nitrogen functional groups attached to an aromatic ring is 1. The molecule has 11 atom stereocenters. The summed E-state index contributed by atoms with van der Waals surface area (Å²) in [5, 5.41) is 46.3. The summed E-state index contributed by atoms with van der Waals surface area (Å²) in [6, 6.07) is 0.638. The van der Waals surface area contributed by atoms with E-state index in [0.717, 1.165) is 4.57 Å². The third-order valence-electron chi connectivity index (χ3n) is 9.44. The molecule has 4 rings (SSSR count). The van der Waals surface area contributed by atoms with Gasteiger partial charge in [-0.3, -0.25) is 14.2 Å². The average molecular weight is 808 g/mol. The summed E-state index contributed by atoms with van der Waals surface area (Å²) < 4.78 is 48.5. The molecule has 1 aromatic heterocycles. The first-order chi connectivity index (χ1) is 26.1. The van der Waals surface area contributed by atoms with Crippen molar-refractivity contribution < 1.29 is 67.6 Å². The van der Waals surface area contributed by atoms with Crippen LogP contribution in [-0.4, -0.2) is 159 Å². The second-order valence-corrected chi connectivity index (χ2v) is 15.4. The van der Waals surface area contributed by atoms with Crippen LogP contribution in [0.5, 0.6) is 0 Å². The van der Waals surface area contributed by atoms with E-state index < -0.39 is 104 Å². The van der Waals surface area contributed by atoms with Crippen molar-refractivity contribution in [2.75, 3.05) is 50.2 Å². The quantitative estimate of drug-likeness (QED) is 0.0767. The minimum absolute atomic E-state index is 0.0216. The molecule has 0 aliphatic carbocycles. The van der Waals surface area contributed by atoms with Crippen molar-refractivity contribution in [3.05, 3.63) is 22.7 Å². The van der Waals surface area contributed by atoms with Gasteiger partial charge in [0, 0.05) is 49.0 Å². The Balaban J connectivity index is 1.18. The fourth-order valence-corrected chi connectivity index (χ4v) is 7.18. The van der Waals surface area contributed by atoms with E-state index in [1.54, 1.807) is 0 Å². The molecule has 21 heteroatoms. The molecular weight excluding hydrogens is 753 g/mol. The predicted molar refractivity (Wildman–Crippen MR) is 192 cm³/mol. The second-order valence-electron chi connectivity index (χ2n) is 14.3. The van der Waals surface area contributed by atoms with Crippen LogP contribution < -0.4 is 22.1 Å². The number of carbonyl (C=O) groups excluding carboxylic acids is 3. The number of anilines is 1. The summed E-state index contributed by atoms with van der Waals surface area (Å²) >= 11 is 1.40. The molecule has 3 fully saturated rings. The van der Waals surface area contributed by atoms with Crippen LogP contribution in [0.15, 0.2) is 17.1 Å². The van der Waals surface area contributed by atoms with Gasteiger partial charge in [0.2, 0.25) is 5.91 Å². The molecule has 0 spiro atoms. The molecule has 0 bridgehead atoms. The summed E-state index contributed by atoms with van der Waals surface area (Å²) in [6.07, 6.45) is -8.26. The van der Waals surface area contributed by atoms with Gasteiger partial charge in [-0.1, -0.05) is 6.92 Å². The summed E-state index contributed by atoms with van der Waals surface area (Å²) in [5.74, 6) is -1.41. The van der Waals surface area contributed by atoms with Crippen molar-refractivity contribution in [1.82, 2.24) is 20.2 Å². The lowest BCUT2D eigenvalue weighted by Gasteiger charge is -2.41. The topological polar surface area (TPSA) is 272 Å². The van der Waals surface area contributed by atoms with E-state index in [1.807, 2.05) is 20.8 Å². The SMILES string of the molecule is CCC(C)(C)N[C@H](CSCC1OC[C@@H](O)C[C@@H]1O[C@@H]1OC(CO)[C@@H](O)C[C@@H]1O)C(=O)NCCC(=O)OCC(=O)OC[C@@H]1C[C@H](F)[C@H](n2ccc(N)nc2=O)O1. The molecule has 312 valence electrons. The van der Waals surface area contributed by atoms with E-state index in [9.17, 15) is 44.0 Å². The lowest BCUT2D eigenvalue weighted by atomic mass is 10.0. The molecule has 0 saturated carbocycles. The van der Waals surface area contributed by atoms with Crippen LogP contribution in [0, 0.1) is 0 Å². The largest absolute Gasteiger partial charge is 0.460 e. The first-order valence-electron chi connectivity index (χ1n) is 18.2. The minimum atomic E-state index is -1.56. The van der Waals surface area contributed by atoms with Crippen LogP contribution >= 0.6 is 11.8 Å². The third-order valence-corrected chi connectivity index (χ3v) is 10.6. The highest BCUT2D eigenvalue weighted by Gasteiger charge is 2.41. The maximum atomic E-state index is 14.6. The number of amides is 1. The van der Waals surface area contributed by atoms with Gasteiger partial charge in [-0.2, -0.15) is 16.7 Å². The van der Waals surface area contributed by atoms with Gasteiger partial charge in [0.1, 0.15) is 30.8 Å². The number of aromatic nitrogens is 2. The fourth-order valence-electron chi connectivity index (χ4n) is 6.03. The van der Waals surface area contributed by atoms with Crippen molar-refractivity contribution in [1.29, 1.82) is 0 Å². The van der Waals surface area contributed by atoms with E-state index in [4.69, 9.17) is 34.2 Å². The Morgan fingerprint density at radius 2 is 1.89 bits per heavy atom. The van der Waals surface area contributed by atoms with Gasteiger partial charge in [-0.05, 0) is 26.3 Å². The van der Waals surface area contributed by atoms with Gasteiger partial charge in [0.05, 0.1) is 56.2 Å². The monoisotopic (exact) mass is 807 g/mol. The van der Waals surface area contributed by atoms with Crippen LogP contribution in [0.1, 0.15) is 59.1 Å². The lowest BCUT2D eigenvalue weighted by Crippen LogP contribution is -2.55. The number of hydrogen-bond acceptors (Lipinski definition) is 18. The molecule has 3 saturated heterocycles. The van der Waals surface area contributed by atoms with Crippen molar-refractivity contribution in [3.63, 3.8) is 0 Å². The maximum Gasteiger partial charge on any atom is 0.351 e. The first kappa shape index (κ1) is 44.7. The van der Waals surface area contributed by atoms with Crippen LogP contribution in [0.4, 0.5) is 10.2 Å². The lowest BCUT2D eigenvalue weighted by molar-refractivity contribution is -0.299. The van der Waals surface area contributed by atoms with E-state index >= 15 is 0 Å². The van der Waals surface area contributed by atoms with Crippen molar-refractivity contribution in [2.45, 2.75) is 126 Å². The highest BCUT2D eigenvalue weighted by molar-refractivity contribution is 7.99. The first-order valence-corrected chi connectivity index (χ1v) is 19.4. The number of nitrogens with one attached hydrogen (secondary N) is 2. The molecule has 3 aliphatic rings. The van der Waals surface area contributed by atoms with Crippen molar-refractivity contribution in [3.8, 4) is 0 Å². The Bertz CT molecular complexity index is 1480. The number of alkyl halides is 1. The number of nitrogens with zero attached hydrogens (tertiary/aromatic N) is 2. The highest BCUT2D eigenvalue weighted by Crippen LogP contribution is 2.31. The highest BCUT2D eigenvalue weighted by atomic mass is 32.2. The van der Waals surface area contributed by atoms with E-state index in [0.29, 0.717) is 17.9 Å². The number of aliphatic hydroxyl groups is 4. The van der Waals surface area contributed by atoms with Gasteiger partial charge in [-0.15, -0.1) is 0 Å². The Morgan fingerprint density at radius 3 is 2.60 bits per heavy atom. The normalized spacial score (nSPS) is 30.4. The summed E-state index contributed by atoms with van der Waals surface area (Å²) in [6.45, 7) is 4.34. The number of aliphatic hydroxyl groups excluding tert-OH is 4. The molecule has 0 aromatic carbocycles. The number of thioether (sulfide) groups is 1. The number of hydrogen-bond donors (Lipinski definition) is 7. The van der Waals surface area contributed by atoms with Gasteiger partial charge >= 0.3 is 17.6 Å². The average Bonchev–Trinajstić information content (AvgIpc) is 3.50. The molecule has 4 heterocycles. The van der Waals surface area contributed by atoms with E-state index in [-0.39, 0.29) is 57.2 Å². The molecule has 1 aromatic rings. The van der Waals surface area contributed by atoms with Crippen LogP contribution in [0.2, 0.25) is 0 Å². The predicted octanol–water partition coefficient (Wildman–Crippen LogP) is -1.71. The molecule has 8 N–H and O–H groups in total. The van der Waals surface area contributed by atoms with Gasteiger partial charge in [-0.25, -0.2) is 14.0 Å². The summed E-state index contributed by atoms with van der Waals surface area (Å²) in [4.78, 5) is 53.4. The second kappa shape index (κ2) is 21.0. The number of rotatable bonds is 19. The Labute approximate surface area is 321 Å². The van der Waals surface area contributed by atoms with Gasteiger partial charge in [0.25, 0.3) is 0 Å².